The van der Waals surface area contributed by atoms with Gasteiger partial charge >= 0.3 is 0 Å². The van der Waals surface area contributed by atoms with E-state index < -0.39 is 33.8 Å². The van der Waals surface area contributed by atoms with Gasteiger partial charge in [0.25, 0.3) is 0 Å². The van der Waals surface area contributed by atoms with E-state index in [1.165, 1.54) is 4.90 Å². The van der Waals surface area contributed by atoms with Gasteiger partial charge in [0, 0.05) is 23.9 Å². The molecule has 0 N–H and O–H groups in total. The largest absolute Gasteiger partial charge is 0.356 e. The molecule has 22 heavy (non-hydrogen) atoms. The predicted octanol–water partition coefficient (Wildman–Crippen LogP) is -0.360. The van der Waals surface area contributed by atoms with Crippen molar-refractivity contribution in [3.8, 4) is 0 Å². The van der Waals surface area contributed by atoms with Crippen LogP contribution in [0.25, 0.3) is 0 Å². The molecule has 12 heteroatoms. The third-order valence-electron chi connectivity index (χ3n) is 3.83. The first-order chi connectivity index (χ1) is 9.92. The third-order valence-corrected chi connectivity index (χ3v) is 12.3. The van der Waals surface area contributed by atoms with E-state index in [1.807, 2.05) is 0 Å². The zero-order valence-electron chi connectivity index (χ0n) is 11.8. The van der Waals surface area contributed by atoms with Crippen LogP contribution in [0.2, 0.25) is 0 Å². The van der Waals surface area contributed by atoms with E-state index in [2.05, 4.69) is 0 Å². The number of hydrogen-bond acceptors (Lipinski definition) is 8. The molecule has 0 spiro atoms. The molecule has 2 aliphatic rings. The molecule has 2 atom stereocenters. The fourth-order valence-electron chi connectivity index (χ4n) is 2.44. The Balaban J connectivity index is 2.02. The van der Waals surface area contributed by atoms with E-state index in [1.54, 1.807) is 7.05 Å². The molecule has 2 saturated heterocycles. The predicted molar refractivity (Wildman–Crippen MR) is 91.0 cm³/mol. The van der Waals surface area contributed by atoms with Crippen molar-refractivity contribution in [2.75, 3.05) is 30.1 Å². The second kappa shape index (κ2) is 6.19. The normalized spacial score (nSPS) is 30.2. The summed E-state index contributed by atoms with van der Waals surface area (Å²) in [7, 11) is -8.07. The van der Waals surface area contributed by atoms with Crippen LogP contribution in [-0.4, -0.2) is 75.8 Å². The Kier molecular flexibility index (Phi) is 5.18. The molecular formula is C10H17NO6S5. The van der Waals surface area contributed by atoms with Crippen molar-refractivity contribution in [1.29, 1.82) is 0 Å². The van der Waals surface area contributed by atoms with Gasteiger partial charge in [-0.25, -0.2) is 25.3 Å². The lowest BCUT2D eigenvalue weighted by Gasteiger charge is -2.25. The number of sulfone groups is 2. The standard InChI is InChI=1S/C10H17NO6S5/c1-11(8-2-4-20(12,13)6-8)10(18)19-22(16,17)9-3-5-21(14,15)7-9/h8-9H,2-7H2,1H3/t8-,9+/m1/s1. The molecule has 7 nitrogen and oxygen atoms in total. The smallest absolute Gasteiger partial charge is 0.212 e. The fraction of sp³-hybridized carbons (Fsp3) is 0.900. The molecule has 0 aromatic carbocycles. The van der Waals surface area contributed by atoms with Crippen molar-refractivity contribution in [3.05, 3.63) is 0 Å². The van der Waals surface area contributed by atoms with Crippen molar-refractivity contribution >= 4 is 55.9 Å². The van der Waals surface area contributed by atoms with Gasteiger partial charge in [0.05, 0.1) is 28.3 Å². The SMILES string of the molecule is CN(C(=S)SS(=O)(=O)[C@H]1CCS(=O)(=O)C1)[C@@H]1CCS(=O)(=O)C1. The molecule has 2 heterocycles. The summed E-state index contributed by atoms with van der Waals surface area (Å²) < 4.78 is 70.3. The monoisotopic (exact) mass is 407 g/mol. The number of thiocarbonyl (C=S) groups is 1. The minimum atomic E-state index is -3.73. The molecule has 0 aliphatic carbocycles. The second-order valence-corrected chi connectivity index (χ2v) is 14.7. The molecule has 2 aliphatic heterocycles. The van der Waals surface area contributed by atoms with Crippen molar-refractivity contribution in [2.24, 2.45) is 0 Å². The molecule has 0 amide bonds. The van der Waals surface area contributed by atoms with Gasteiger partial charge in [-0.2, -0.15) is 0 Å². The molecule has 2 rings (SSSR count). The Bertz CT molecular complexity index is 769. The summed E-state index contributed by atoms with van der Waals surface area (Å²) in [4.78, 5) is 1.49. The lowest BCUT2D eigenvalue weighted by atomic mass is 10.2. The minimum absolute atomic E-state index is 0.0396. The maximum atomic E-state index is 12.2. The van der Waals surface area contributed by atoms with Gasteiger partial charge in [-0.1, -0.05) is 12.2 Å². The number of nitrogens with zero attached hydrogens (tertiary/aromatic N) is 1. The molecule has 0 aromatic rings. The lowest BCUT2D eigenvalue weighted by Crippen LogP contribution is -2.36. The van der Waals surface area contributed by atoms with Gasteiger partial charge in [-0.15, -0.1) is 0 Å². The van der Waals surface area contributed by atoms with Gasteiger partial charge in [0.2, 0.25) is 8.87 Å². The highest BCUT2D eigenvalue weighted by atomic mass is 33.1. The van der Waals surface area contributed by atoms with Crippen LogP contribution in [0.15, 0.2) is 0 Å². The van der Waals surface area contributed by atoms with E-state index in [4.69, 9.17) is 12.2 Å². The summed E-state index contributed by atoms with van der Waals surface area (Å²) in [5.41, 5.74) is 0. The van der Waals surface area contributed by atoms with Crippen LogP contribution in [0, 0.1) is 0 Å². The maximum Gasteiger partial charge on any atom is 0.212 e. The molecule has 0 unspecified atom stereocenters. The molecular weight excluding hydrogens is 390 g/mol. The minimum Gasteiger partial charge on any atom is -0.356 e. The van der Waals surface area contributed by atoms with Gasteiger partial charge < -0.3 is 4.90 Å². The van der Waals surface area contributed by atoms with Crippen molar-refractivity contribution in [1.82, 2.24) is 4.90 Å². The molecule has 0 aromatic heterocycles. The van der Waals surface area contributed by atoms with E-state index in [0.717, 1.165) is 0 Å². The summed E-state index contributed by atoms with van der Waals surface area (Å²) in [6, 6.07) is -0.326. The van der Waals surface area contributed by atoms with Gasteiger partial charge in [-0.3, -0.25) is 0 Å². The summed E-state index contributed by atoms with van der Waals surface area (Å²) in [6.45, 7) is 0. The molecule has 128 valence electrons. The fourth-order valence-corrected chi connectivity index (χ4v) is 11.4. The highest BCUT2D eigenvalue weighted by Crippen LogP contribution is 2.30. The second-order valence-electron chi connectivity index (χ2n) is 5.53. The van der Waals surface area contributed by atoms with Crippen LogP contribution in [0.4, 0.5) is 0 Å². The summed E-state index contributed by atoms with van der Waals surface area (Å²) in [6.07, 6.45) is 0.499. The maximum absolute atomic E-state index is 12.2. The first-order valence-electron chi connectivity index (χ1n) is 6.53. The molecule has 2 fully saturated rings. The highest BCUT2D eigenvalue weighted by molar-refractivity contribution is 8.79. The summed E-state index contributed by atoms with van der Waals surface area (Å²) >= 11 is 5.09. The summed E-state index contributed by atoms with van der Waals surface area (Å²) in [5.74, 6) is -0.460. The van der Waals surface area contributed by atoms with E-state index in [9.17, 15) is 25.3 Å². The highest BCUT2D eigenvalue weighted by Gasteiger charge is 2.39. The van der Waals surface area contributed by atoms with Crippen molar-refractivity contribution in [2.45, 2.75) is 24.1 Å². The Hall–Kier alpha value is 0.0900. The van der Waals surface area contributed by atoms with Crippen LogP contribution < -0.4 is 0 Å². The van der Waals surface area contributed by atoms with Crippen molar-refractivity contribution in [3.63, 3.8) is 0 Å². The van der Waals surface area contributed by atoms with Gasteiger partial charge in [-0.05, 0) is 12.8 Å². The van der Waals surface area contributed by atoms with Crippen LogP contribution in [0.1, 0.15) is 12.8 Å². The topological polar surface area (TPSA) is 106 Å². The molecule has 0 radical (unpaired) electrons. The zero-order chi connectivity index (χ0) is 16.8. The Labute approximate surface area is 140 Å². The van der Waals surface area contributed by atoms with Crippen molar-refractivity contribution < 1.29 is 25.3 Å². The van der Waals surface area contributed by atoms with Gasteiger partial charge in [0.15, 0.2) is 24.0 Å². The van der Waals surface area contributed by atoms with E-state index in [0.29, 0.717) is 17.2 Å². The van der Waals surface area contributed by atoms with Crippen LogP contribution >= 0.6 is 23.0 Å². The van der Waals surface area contributed by atoms with E-state index in [-0.39, 0.29) is 39.8 Å². The number of hydrogen-bond donors (Lipinski definition) is 0. The zero-order valence-corrected chi connectivity index (χ0v) is 15.9. The van der Waals surface area contributed by atoms with Gasteiger partial charge in [0.1, 0.15) is 0 Å². The summed E-state index contributed by atoms with van der Waals surface area (Å²) in [5, 5.41) is -0.943. The first kappa shape index (κ1) is 18.4. The first-order valence-corrected chi connectivity index (χ1v) is 13.5. The Morgan fingerprint density at radius 3 is 2.09 bits per heavy atom. The van der Waals surface area contributed by atoms with E-state index >= 15 is 0 Å². The van der Waals surface area contributed by atoms with Crippen LogP contribution in [0.3, 0.4) is 0 Å². The Morgan fingerprint density at radius 2 is 1.64 bits per heavy atom. The van der Waals surface area contributed by atoms with Crippen LogP contribution in [-0.2, 0) is 28.5 Å². The molecule has 0 saturated carbocycles. The number of rotatable bonds is 3. The van der Waals surface area contributed by atoms with Crippen LogP contribution in [0.5, 0.6) is 0 Å². The quantitative estimate of drug-likeness (QED) is 0.458. The third kappa shape index (κ3) is 4.34. The average Bonchev–Trinajstić information content (AvgIpc) is 2.90. The Morgan fingerprint density at radius 1 is 1.09 bits per heavy atom. The average molecular weight is 408 g/mol. The molecule has 0 bridgehead atoms. The lowest BCUT2D eigenvalue weighted by molar-refractivity contribution is 0.409.